The summed E-state index contributed by atoms with van der Waals surface area (Å²) in [6.45, 7) is 11.9. The lowest BCUT2D eigenvalue weighted by atomic mass is 9.97. The third-order valence-corrected chi connectivity index (χ3v) is 8.19. The number of fused-ring (bicyclic) bond motifs is 4. The van der Waals surface area contributed by atoms with Gasteiger partial charge in [-0.2, -0.15) is 0 Å². The number of carbonyl (C=O) groups is 2. The number of hydrogen-bond donors (Lipinski definition) is 0. The lowest BCUT2D eigenvalue weighted by Crippen LogP contribution is -2.19. The third kappa shape index (κ3) is 6.65. The summed E-state index contributed by atoms with van der Waals surface area (Å²) < 4.78 is 11.0. The summed E-state index contributed by atoms with van der Waals surface area (Å²) in [5, 5.41) is 9.18. The maximum atomic E-state index is 12.2. The van der Waals surface area contributed by atoms with E-state index in [2.05, 4.69) is 67.2 Å². The Kier molecular flexibility index (Phi) is 9.40. The van der Waals surface area contributed by atoms with E-state index in [1.807, 2.05) is 69.3 Å². The summed E-state index contributed by atoms with van der Waals surface area (Å²) in [7, 11) is 0. The fraction of sp³-hybridized carbons (Fsp3) is 0.200. The molecule has 6 aromatic carbocycles. The van der Waals surface area contributed by atoms with Crippen molar-refractivity contribution in [3.8, 4) is 0 Å². The SMILES string of the molecule is C=C(C)C(=O)OCc1c2ccccc2cc2ccccc12.CC(C)C(C)C(=O)OCc1c2ccccc2cc2ccccc12. The van der Waals surface area contributed by atoms with E-state index in [-0.39, 0.29) is 30.4 Å². The molecule has 0 heterocycles. The second-order valence-corrected chi connectivity index (χ2v) is 11.6. The van der Waals surface area contributed by atoms with Gasteiger partial charge in [-0.3, -0.25) is 4.79 Å². The van der Waals surface area contributed by atoms with Gasteiger partial charge in [-0.1, -0.05) is 124 Å². The van der Waals surface area contributed by atoms with Crippen molar-refractivity contribution in [2.45, 2.75) is 40.9 Å². The Balaban J connectivity index is 0.000000175. The van der Waals surface area contributed by atoms with Gasteiger partial charge in [0.15, 0.2) is 0 Å². The fourth-order valence-electron chi connectivity index (χ4n) is 5.33. The Morgan fingerprint density at radius 1 is 0.591 bits per heavy atom. The van der Waals surface area contributed by atoms with Crippen LogP contribution in [0.4, 0.5) is 0 Å². The predicted molar refractivity (Wildman–Crippen MR) is 181 cm³/mol. The van der Waals surface area contributed by atoms with E-state index >= 15 is 0 Å². The predicted octanol–water partition coefficient (Wildman–Crippen LogP) is 9.94. The molecule has 6 aromatic rings. The molecular weight excluding hydrogens is 544 g/mol. The van der Waals surface area contributed by atoms with E-state index in [0.717, 1.165) is 43.4 Å². The van der Waals surface area contributed by atoms with Crippen molar-refractivity contribution in [1.82, 2.24) is 0 Å². The first-order chi connectivity index (χ1) is 21.2. The number of hydrogen-bond acceptors (Lipinski definition) is 4. The highest BCUT2D eigenvalue weighted by Gasteiger charge is 2.19. The lowest BCUT2D eigenvalue weighted by molar-refractivity contribution is -0.150. The van der Waals surface area contributed by atoms with Gasteiger partial charge in [-0.05, 0) is 68.1 Å². The summed E-state index contributed by atoms with van der Waals surface area (Å²) in [5.74, 6) is -0.285. The van der Waals surface area contributed by atoms with Gasteiger partial charge in [0.25, 0.3) is 0 Å². The van der Waals surface area contributed by atoms with E-state index in [0.29, 0.717) is 12.2 Å². The molecule has 1 atom stereocenters. The average molecular weight is 583 g/mol. The topological polar surface area (TPSA) is 52.6 Å². The molecule has 222 valence electrons. The standard InChI is InChI=1S/C21H22O2.C19H16O2/c1-14(2)15(3)21(22)23-13-20-18-10-6-4-8-16(18)12-17-9-5-7-11-19(17)20;1-13(2)19(20)21-12-18-16-9-5-3-7-14(16)11-15-8-4-6-10-17(15)18/h4-12,14-15H,13H2,1-3H3;3-11H,1,12H2,2H3. The average Bonchev–Trinajstić information content (AvgIpc) is 3.04. The summed E-state index contributed by atoms with van der Waals surface area (Å²) >= 11 is 0. The second kappa shape index (κ2) is 13.6. The molecule has 0 spiro atoms. The molecule has 0 radical (unpaired) electrons. The van der Waals surface area contributed by atoms with Crippen molar-refractivity contribution in [3.63, 3.8) is 0 Å². The van der Waals surface area contributed by atoms with Gasteiger partial charge in [0, 0.05) is 16.7 Å². The third-order valence-electron chi connectivity index (χ3n) is 8.19. The van der Waals surface area contributed by atoms with Crippen molar-refractivity contribution in [2.24, 2.45) is 11.8 Å². The van der Waals surface area contributed by atoms with Gasteiger partial charge in [-0.25, -0.2) is 4.79 Å². The lowest BCUT2D eigenvalue weighted by Gasteiger charge is -2.16. The number of carbonyl (C=O) groups excluding carboxylic acids is 2. The van der Waals surface area contributed by atoms with Crippen LogP contribution in [0.1, 0.15) is 38.8 Å². The van der Waals surface area contributed by atoms with Crippen molar-refractivity contribution < 1.29 is 19.1 Å². The van der Waals surface area contributed by atoms with E-state index < -0.39 is 0 Å². The molecule has 0 N–H and O–H groups in total. The molecule has 0 fully saturated rings. The number of esters is 2. The van der Waals surface area contributed by atoms with Crippen LogP contribution in [-0.2, 0) is 32.3 Å². The zero-order valence-electron chi connectivity index (χ0n) is 25.8. The summed E-state index contributed by atoms with van der Waals surface area (Å²) in [4.78, 5) is 23.9. The van der Waals surface area contributed by atoms with Crippen molar-refractivity contribution in [3.05, 3.63) is 132 Å². The first-order valence-corrected chi connectivity index (χ1v) is 15.0. The minimum atomic E-state index is -0.355. The van der Waals surface area contributed by atoms with Crippen LogP contribution in [0, 0.1) is 11.8 Å². The van der Waals surface area contributed by atoms with Crippen LogP contribution in [0.25, 0.3) is 43.1 Å². The minimum Gasteiger partial charge on any atom is -0.461 e. The zero-order chi connectivity index (χ0) is 31.2. The fourth-order valence-corrected chi connectivity index (χ4v) is 5.33. The molecule has 0 aliphatic heterocycles. The van der Waals surface area contributed by atoms with Gasteiger partial charge in [0.1, 0.15) is 13.2 Å². The summed E-state index contributed by atoms with van der Waals surface area (Å²) in [6.07, 6.45) is 0. The molecule has 0 amide bonds. The molecule has 0 aromatic heterocycles. The normalized spacial score (nSPS) is 11.8. The molecule has 4 nitrogen and oxygen atoms in total. The summed E-state index contributed by atoms with van der Waals surface area (Å²) in [5.41, 5.74) is 2.54. The van der Waals surface area contributed by atoms with Crippen LogP contribution in [0.3, 0.4) is 0 Å². The Hall–Kier alpha value is -4.96. The van der Waals surface area contributed by atoms with Crippen LogP contribution in [-0.4, -0.2) is 11.9 Å². The zero-order valence-corrected chi connectivity index (χ0v) is 25.8. The van der Waals surface area contributed by atoms with E-state index in [1.54, 1.807) is 6.92 Å². The quantitative estimate of drug-likeness (QED) is 0.107. The van der Waals surface area contributed by atoms with Crippen LogP contribution >= 0.6 is 0 Å². The van der Waals surface area contributed by atoms with Crippen LogP contribution in [0.5, 0.6) is 0 Å². The Morgan fingerprint density at radius 3 is 1.27 bits per heavy atom. The first-order valence-electron chi connectivity index (χ1n) is 15.0. The maximum Gasteiger partial charge on any atom is 0.333 e. The molecule has 44 heavy (non-hydrogen) atoms. The Bertz CT molecular complexity index is 1880. The molecule has 0 bridgehead atoms. The smallest absolute Gasteiger partial charge is 0.333 e. The largest absolute Gasteiger partial charge is 0.461 e. The van der Waals surface area contributed by atoms with Crippen LogP contribution in [0.15, 0.2) is 121 Å². The van der Waals surface area contributed by atoms with E-state index in [1.165, 1.54) is 10.8 Å². The highest BCUT2D eigenvalue weighted by molar-refractivity contribution is 6.03. The van der Waals surface area contributed by atoms with E-state index in [4.69, 9.17) is 9.47 Å². The number of benzene rings is 6. The van der Waals surface area contributed by atoms with Crippen molar-refractivity contribution in [1.29, 1.82) is 0 Å². The summed E-state index contributed by atoms with van der Waals surface area (Å²) in [6, 6.07) is 37.2. The molecule has 0 aliphatic rings. The molecule has 0 aliphatic carbocycles. The minimum absolute atomic E-state index is 0.0868. The molecule has 1 unspecified atom stereocenters. The Morgan fingerprint density at radius 2 is 0.932 bits per heavy atom. The van der Waals surface area contributed by atoms with Gasteiger partial charge in [0.05, 0.1) is 5.92 Å². The monoisotopic (exact) mass is 582 g/mol. The van der Waals surface area contributed by atoms with Gasteiger partial charge in [-0.15, -0.1) is 0 Å². The number of rotatable bonds is 7. The first kappa shape index (κ1) is 30.5. The highest BCUT2D eigenvalue weighted by Crippen LogP contribution is 2.30. The molecule has 0 saturated heterocycles. The van der Waals surface area contributed by atoms with Crippen LogP contribution in [0.2, 0.25) is 0 Å². The molecule has 6 rings (SSSR count). The van der Waals surface area contributed by atoms with Gasteiger partial charge < -0.3 is 9.47 Å². The Labute approximate surface area is 258 Å². The van der Waals surface area contributed by atoms with E-state index in [9.17, 15) is 9.59 Å². The van der Waals surface area contributed by atoms with Gasteiger partial charge in [0.2, 0.25) is 0 Å². The van der Waals surface area contributed by atoms with Gasteiger partial charge >= 0.3 is 11.9 Å². The molecular formula is C40H38O4. The second-order valence-electron chi connectivity index (χ2n) is 11.6. The molecule has 4 heteroatoms. The van der Waals surface area contributed by atoms with Crippen molar-refractivity contribution >= 4 is 55.0 Å². The van der Waals surface area contributed by atoms with Crippen molar-refractivity contribution in [2.75, 3.05) is 0 Å². The maximum absolute atomic E-state index is 12.2. The van der Waals surface area contributed by atoms with Crippen LogP contribution < -0.4 is 0 Å². The molecule has 0 saturated carbocycles. The highest BCUT2D eigenvalue weighted by atomic mass is 16.5. The number of ether oxygens (including phenoxy) is 2.